The number of aliphatic hydroxyl groups is 1. The number of nitrogens with zero attached hydrogens (tertiary/aromatic N) is 1. The van der Waals surface area contributed by atoms with Crippen LogP contribution in [-0.2, 0) is 11.2 Å². The smallest absolute Gasteiger partial charge is 0.240 e. The molecule has 0 bridgehead atoms. The number of aliphatic hydroxyl groups excluding tert-OH is 1. The topological polar surface area (TPSA) is 86.8 Å². The van der Waals surface area contributed by atoms with Gasteiger partial charge in [0.05, 0.1) is 12.6 Å². The lowest BCUT2D eigenvalue weighted by molar-refractivity contribution is -0.133. The molecule has 19 heavy (non-hydrogen) atoms. The molecule has 0 aliphatic heterocycles. The van der Waals surface area contributed by atoms with E-state index in [1.54, 1.807) is 29.2 Å². The second-order valence-corrected chi connectivity index (χ2v) is 4.96. The van der Waals surface area contributed by atoms with Gasteiger partial charge in [-0.2, -0.15) is 0 Å². The molecule has 0 aromatic heterocycles. The second kappa shape index (κ2) is 6.04. The van der Waals surface area contributed by atoms with Crippen LogP contribution in [-0.4, -0.2) is 46.3 Å². The van der Waals surface area contributed by atoms with Crippen LogP contribution in [0.1, 0.15) is 18.4 Å². The molecule has 1 fully saturated rings. The Bertz CT molecular complexity index is 429. The van der Waals surface area contributed by atoms with E-state index in [4.69, 9.17) is 10.8 Å². The van der Waals surface area contributed by atoms with Gasteiger partial charge in [-0.3, -0.25) is 4.79 Å². The maximum absolute atomic E-state index is 12.2. The number of nitrogens with two attached hydrogens (primary N) is 1. The fraction of sp³-hybridized carbons (Fsp3) is 0.500. The summed E-state index contributed by atoms with van der Waals surface area (Å²) in [5.41, 5.74) is 6.86. The number of carbonyl (C=O) groups is 1. The van der Waals surface area contributed by atoms with Gasteiger partial charge in [0.25, 0.3) is 0 Å². The quantitative estimate of drug-likeness (QED) is 0.687. The van der Waals surface area contributed by atoms with Crippen molar-refractivity contribution in [3.8, 4) is 5.75 Å². The Kier molecular flexibility index (Phi) is 4.39. The van der Waals surface area contributed by atoms with Crippen LogP contribution in [0.5, 0.6) is 5.75 Å². The van der Waals surface area contributed by atoms with E-state index in [1.165, 1.54) is 0 Å². The van der Waals surface area contributed by atoms with Crippen LogP contribution < -0.4 is 5.73 Å². The van der Waals surface area contributed by atoms with Crippen LogP contribution >= 0.6 is 0 Å². The molecule has 0 spiro atoms. The molecular formula is C14H20N2O3. The van der Waals surface area contributed by atoms with Crippen LogP contribution in [0.15, 0.2) is 24.3 Å². The number of carbonyl (C=O) groups excluding carboxylic acids is 1. The van der Waals surface area contributed by atoms with Crippen molar-refractivity contribution in [2.45, 2.75) is 31.3 Å². The molecule has 1 aliphatic rings. The number of rotatable bonds is 6. The molecule has 0 saturated heterocycles. The molecule has 4 N–H and O–H groups in total. The van der Waals surface area contributed by atoms with Gasteiger partial charge < -0.3 is 20.8 Å². The zero-order valence-electron chi connectivity index (χ0n) is 10.8. The molecule has 0 radical (unpaired) electrons. The molecule has 1 amide bonds. The second-order valence-electron chi connectivity index (χ2n) is 4.96. The van der Waals surface area contributed by atoms with Gasteiger partial charge in [0.15, 0.2) is 0 Å². The van der Waals surface area contributed by atoms with Gasteiger partial charge in [0.2, 0.25) is 5.91 Å². The van der Waals surface area contributed by atoms with Crippen molar-refractivity contribution in [3.63, 3.8) is 0 Å². The summed E-state index contributed by atoms with van der Waals surface area (Å²) < 4.78 is 0. The van der Waals surface area contributed by atoms with Gasteiger partial charge in [-0.15, -0.1) is 0 Å². The van der Waals surface area contributed by atoms with Gasteiger partial charge in [-0.25, -0.2) is 0 Å². The lowest BCUT2D eigenvalue weighted by atomic mass is 10.1. The average Bonchev–Trinajstić information content (AvgIpc) is 3.22. The van der Waals surface area contributed by atoms with Crippen molar-refractivity contribution in [1.29, 1.82) is 0 Å². The lowest BCUT2D eigenvalue weighted by Gasteiger charge is -2.24. The van der Waals surface area contributed by atoms with E-state index >= 15 is 0 Å². The molecule has 1 aromatic carbocycles. The van der Waals surface area contributed by atoms with Crippen LogP contribution in [0.2, 0.25) is 0 Å². The van der Waals surface area contributed by atoms with E-state index in [9.17, 15) is 9.90 Å². The minimum Gasteiger partial charge on any atom is -0.508 e. The highest BCUT2D eigenvalue weighted by Gasteiger charge is 2.34. The summed E-state index contributed by atoms with van der Waals surface area (Å²) in [4.78, 5) is 13.9. The fourth-order valence-corrected chi connectivity index (χ4v) is 2.15. The third-order valence-electron chi connectivity index (χ3n) is 3.32. The Morgan fingerprint density at radius 2 is 2.00 bits per heavy atom. The third kappa shape index (κ3) is 3.68. The zero-order chi connectivity index (χ0) is 13.8. The number of hydrogen-bond donors (Lipinski definition) is 3. The maximum atomic E-state index is 12.2. The number of aromatic hydroxyl groups is 1. The van der Waals surface area contributed by atoms with Crippen molar-refractivity contribution < 1.29 is 15.0 Å². The van der Waals surface area contributed by atoms with E-state index in [1.807, 2.05) is 0 Å². The minimum absolute atomic E-state index is 0.0336. The molecule has 5 nitrogen and oxygen atoms in total. The standard InChI is InChI=1S/C14H20N2O3/c15-13(9-10-1-5-12(18)6-2-10)14(19)16(7-8-17)11-3-4-11/h1-2,5-6,11,13,17-18H,3-4,7-9,15H2. The molecule has 5 heteroatoms. The van der Waals surface area contributed by atoms with Gasteiger partial charge in [-0.1, -0.05) is 12.1 Å². The molecule has 1 saturated carbocycles. The fourth-order valence-electron chi connectivity index (χ4n) is 2.15. The molecule has 1 aliphatic carbocycles. The number of phenolic OH excluding ortho intramolecular Hbond substituents is 1. The van der Waals surface area contributed by atoms with Crippen LogP contribution in [0.3, 0.4) is 0 Å². The maximum Gasteiger partial charge on any atom is 0.240 e. The van der Waals surface area contributed by atoms with E-state index in [0.29, 0.717) is 13.0 Å². The third-order valence-corrected chi connectivity index (χ3v) is 3.32. The molecule has 0 heterocycles. The Morgan fingerprint density at radius 1 is 1.37 bits per heavy atom. The molecule has 2 rings (SSSR count). The summed E-state index contributed by atoms with van der Waals surface area (Å²) >= 11 is 0. The average molecular weight is 264 g/mol. The van der Waals surface area contributed by atoms with Crippen LogP contribution in [0, 0.1) is 0 Å². The Balaban J connectivity index is 1.95. The van der Waals surface area contributed by atoms with Gasteiger partial charge in [-0.05, 0) is 37.0 Å². The van der Waals surface area contributed by atoms with Crippen molar-refractivity contribution in [1.82, 2.24) is 4.90 Å². The molecule has 1 unspecified atom stereocenters. The summed E-state index contributed by atoms with van der Waals surface area (Å²) in [7, 11) is 0. The first kappa shape index (κ1) is 13.8. The summed E-state index contributed by atoms with van der Waals surface area (Å²) in [6.07, 6.45) is 2.43. The number of phenols is 1. The Hall–Kier alpha value is -1.59. The summed E-state index contributed by atoms with van der Waals surface area (Å²) in [6.45, 7) is 0.320. The molecular weight excluding hydrogens is 244 g/mol. The van der Waals surface area contributed by atoms with Gasteiger partial charge >= 0.3 is 0 Å². The summed E-state index contributed by atoms with van der Waals surface area (Å²) in [5, 5.41) is 18.2. The number of amides is 1. The highest BCUT2D eigenvalue weighted by atomic mass is 16.3. The molecule has 104 valence electrons. The van der Waals surface area contributed by atoms with Crippen molar-refractivity contribution in [3.05, 3.63) is 29.8 Å². The minimum atomic E-state index is -0.600. The summed E-state index contributed by atoms with van der Waals surface area (Å²) in [6, 6.07) is 6.34. The van der Waals surface area contributed by atoms with Crippen molar-refractivity contribution in [2.24, 2.45) is 5.73 Å². The van der Waals surface area contributed by atoms with E-state index < -0.39 is 6.04 Å². The predicted octanol–water partition coefficient (Wildman–Crippen LogP) is 0.245. The normalized spacial score (nSPS) is 16.1. The van der Waals surface area contributed by atoms with Gasteiger partial charge in [0, 0.05) is 12.6 Å². The Labute approximate surface area is 112 Å². The van der Waals surface area contributed by atoms with Crippen molar-refractivity contribution >= 4 is 5.91 Å². The zero-order valence-corrected chi connectivity index (χ0v) is 10.8. The number of hydrogen-bond acceptors (Lipinski definition) is 4. The van der Waals surface area contributed by atoms with E-state index in [0.717, 1.165) is 18.4 Å². The lowest BCUT2D eigenvalue weighted by Crippen LogP contribution is -2.47. The SMILES string of the molecule is NC(Cc1ccc(O)cc1)C(=O)N(CCO)C1CC1. The first-order chi connectivity index (χ1) is 9.11. The largest absolute Gasteiger partial charge is 0.508 e. The summed E-state index contributed by atoms with van der Waals surface area (Å²) in [5.74, 6) is 0.0909. The van der Waals surface area contributed by atoms with Gasteiger partial charge in [0.1, 0.15) is 5.75 Å². The van der Waals surface area contributed by atoms with Crippen LogP contribution in [0.25, 0.3) is 0 Å². The first-order valence-electron chi connectivity index (χ1n) is 6.56. The van der Waals surface area contributed by atoms with Crippen molar-refractivity contribution in [2.75, 3.05) is 13.2 Å². The monoisotopic (exact) mass is 264 g/mol. The predicted molar refractivity (Wildman–Crippen MR) is 71.6 cm³/mol. The van der Waals surface area contributed by atoms with Crippen LogP contribution in [0.4, 0.5) is 0 Å². The van der Waals surface area contributed by atoms with E-state index in [-0.39, 0.29) is 24.3 Å². The highest BCUT2D eigenvalue weighted by Crippen LogP contribution is 2.27. The molecule has 1 aromatic rings. The first-order valence-corrected chi connectivity index (χ1v) is 6.56. The highest BCUT2D eigenvalue weighted by molar-refractivity contribution is 5.82. The number of benzene rings is 1. The molecule has 1 atom stereocenters. The van der Waals surface area contributed by atoms with E-state index in [2.05, 4.69) is 0 Å². The Morgan fingerprint density at radius 3 is 2.53 bits per heavy atom.